The molecule has 1 aliphatic heterocycles. The first kappa shape index (κ1) is 21.4. The highest BCUT2D eigenvalue weighted by atomic mass is 32.2. The van der Waals surface area contributed by atoms with Crippen LogP contribution >= 0.6 is 11.8 Å². The molecular weight excluding hydrogens is 408 g/mol. The van der Waals surface area contributed by atoms with Gasteiger partial charge < -0.3 is 14.8 Å². The number of carbonyl (C=O) groups excluding carboxylic acids is 4. The molecule has 3 amide bonds. The predicted octanol–water partition coefficient (Wildman–Crippen LogP) is 2.34. The average molecular weight is 428 g/mol. The number of benzene rings is 2. The summed E-state index contributed by atoms with van der Waals surface area (Å²) in [6.45, 7) is -0.474. The molecule has 0 saturated carbocycles. The summed E-state index contributed by atoms with van der Waals surface area (Å²) in [6.07, 6.45) is 0.0757. The van der Waals surface area contributed by atoms with Crippen molar-refractivity contribution in [1.29, 1.82) is 0 Å². The standard InChI is InChI=1S/C21H20N2O6S/c1-23-19(25)11-17(20(23)26)30-16-9-4-3-8-15(16)21(27)29-12-18(24)22-13-6-5-7-14(10-13)28-2/h3-10,17H,11-12H2,1-2H3,(H,22,24). The molecule has 0 radical (unpaired) electrons. The summed E-state index contributed by atoms with van der Waals surface area (Å²) in [5, 5.41) is 2.03. The molecule has 1 fully saturated rings. The Bertz CT molecular complexity index is 993. The van der Waals surface area contributed by atoms with Crippen LogP contribution in [0.5, 0.6) is 5.75 Å². The normalized spacial score (nSPS) is 15.8. The van der Waals surface area contributed by atoms with E-state index in [2.05, 4.69) is 5.32 Å². The van der Waals surface area contributed by atoms with Gasteiger partial charge in [0, 0.05) is 30.1 Å². The quantitative estimate of drug-likeness (QED) is 0.533. The van der Waals surface area contributed by atoms with Gasteiger partial charge in [0.05, 0.1) is 17.9 Å². The molecule has 2 aromatic rings. The SMILES string of the molecule is COc1cccc(NC(=O)COC(=O)c2ccccc2SC2CC(=O)N(C)C2=O)c1. The number of nitrogens with zero attached hydrogens (tertiary/aromatic N) is 1. The Balaban J connectivity index is 1.61. The maximum absolute atomic E-state index is 12.5. The van der Waals surface area contributed by atoms with Gasteiger partial charge in [-0.2, -0.15) is 0 Å². The topological polar surface area (TPSA) is 102 Å². The van der Waals surface area contributed by atoms with Gasteiger partial charge in [-0.1, -0.05) is 18.2 Å². The van der Waals surface area contributed by atoms with E-state index in [0.29, 0.717) is 16.3 Å². The van der Waals surface area contributed by atoms with Crippen LogP contribution in [-0.2, 0) is 19.1 Å². The zero-order chi connectivity index (χ0) is 21.7. The maximum atomic E-state index is 12.5. The average Bonchev–Trinajstić information content (AvgIpc) is 2.99. The summed E-state index contributed by atoms with van der Waals surface area (Å²) in [7, 11) is 2.96. The number of hydrogen-bond donors (Lipinski definition) is 1. The molecule has 1 aliphatic rings. The van der Waals surface area contributed by atoms with E-state index in [1.54, 1.807) is 48.5 Å². The van der Waals surface area contributed by atoms with Gasteiger partial charge in [0.15, 0.2) is 6.61 Å². The monoisotopic (exact) mass is 428 g/mol. The Morgan fingerprint density at radius 3 is 2.63 bits per heavy atom. The molecule has 1 N–H and O–H groups in total. The Morgan fingerprint density at radius 2 is 1.93 bits per heavy atom. The summed E-state index contributed by atoms with van der Waals surface area (Å²) in [5.74, 6) is -1.16. The number of thioether (sulfide) groups is 1. The number of ether oxygens (including phenoxy) is 2. The predicted molar refractivity (Wildman–Crippen MR) is 110 cm³/mol. The number of imide groups is 1. The molecular formula is C21H20N2O6S. The lowest BCUT2D eigenvalue weighted by Gasteiger charge is -2.12. The van der Waals surface area contributed by atoms with Crippen molar-refractivity contribution in [3.63, 3.8) is 0 Å². The van der Waals surface area contributed by atoms with Crippen LogP contribution in [0.1, 0.15) is 16.8 Å². The molecule has 1 saturated heterocycles. The van der Waals surface area contributed by atoms with Crippen LogP contribution < -0.4 is 10.1 Å². The number of rotatable bonds is 7. The van der Waals surface area contributed by atoms with Crippen molar-refractivity contribution in [1.82, 2.24) is 4.90 Å². The van der Waals surface area contributed by atoms with Gasteiger partial charge in [-0.3, -0.25) is 19.3 Å². The first-order valence-corrected chi connectivity index (χ1v) is 9.94. The Hall–Kier alpha value is -3.33. The lowest BCUT2D eigenvalue weighted by atomic mass is 10.2. The van der Waals surface area contributed by atoms with Crippen molar-refractivity contribution in [2.45, 2.75) is 16.6 Å². The van der Waals surface area contributed by atoms with Gasteiger partial charge in [-0.05, 0) is 24.3 Å². The highest BCUT2D eigenvalue weighted by molar-refractivity contribution is 8.00. The maximum Gasteiger partial charge on any atom is 0.339 e. The molecule has 0 spiro atoms. The van der Waals surface area contributed by atoms with Crippen molar-refractivity contribution in [2.75, 3.05) is 26.1 Å². The van der Waals surface area contributed by atoms with E-state index in [-0.39, 0.29) is 23.8 Å². The van der Waals surface area contributed by atoms with Crippen molar-refractivity contribution in [3.05, 3.63) is 54.1 Å². The van der Waals surface area contributed by atoms with E-state index in [1.165, 1.54) is 14.2 Å². The summed E-state index contributed by atoms with van der Waals surface area (Å²) in [6, 6.07) is 13.4. The molecule has 0 aromatic heterocycles. The Morgan fingerprint density at radius 1 is 1.17 bits per heavy atom. The highest BCUT2D eigenvalue weighted by Gasteiger charge is 2.37. The molecule has 2 aromatic carbocycles. The molecule has 3 rings (SSSR count). The third kappa shape index (κ3) is 4.98. The molecule has 156 valence electrons. The lowest BCUT2D eigenvalue weighted by Crippen LogP contribution is -2.26. The van der Waals surface area contributed by atoms with Crippen molar-refractivity contribution < 1.29 is 28.7 Å². The zero-order valence-electron chi connectivity index (χ0n) is 16.4. The van der Waals surface area contributed by atoms with E-state index in [4.69, 9.17) is 9.47 Å². The number of esters is 1. The van der Waals surface area contributed by atoms with E-state index in [0.717, 1.165) is 16.7 Å². The number of hydrogen-bond acceptors (Lipinski definition) is 7. The summed E-state index contributed by atoms with van der Waals surface area (Å²) < 4.78 is 10.2. The second-order valence-corrected chi connectivity index (χ2v) is 7.70. The molecule has 30 heavy (non-hydrogen) atoms. The van der Waals surface area contributed by atoms with E-state index in [9.17, 15) is 19.2 Å². The minimum atomic E-state index is -0.691. The number of methoxy groups -OCH3 is 1. The minimum absolute atomic E-state index is 0.0757. The molecule has 1 heterocycles. The first-order chi connectivity index (χ1) is 14.4. The van der Waals surface area contributed by atoms with Gasteiger partial charge in [0.1, 0.15) is 5.75 Å². The van der Waals surface area contributed by atoms with Crippen LogP contribution in [0.15, 0.2) is 53.4 Å². The second kappa shape index (κ2) is 9.45. The number of nitrogens with one attached hydrogen (secondary N) is 1. The number of carbonyl (C=O) groups is 4. The third-order valence-corrected chi connectivity index (χ3v) is 5.67. The largest absolute Gasteiger partial charge is 0.497 e. The Kier molecular flexibility index (Phi) is 6.73. The third-order valence-electron chi connectivity index (χ3n) is 4.40. The van der Waals surface area contributed by atoms with Crippen LogP contribution in [-0.4, -0.2) is 54.6 Å². The van der Waals surface area contributed by atoms with Crippen molar-refractivity contribution in [2.24, 2.45) is 0 Å². The smallest absolute Gasteiger partial charge is 0.339 e. The van der Waals surface area contributed by atoms with E-state index >= 15 is 0 Å². The van der Waals surface area contributed by atoms with Crippen molar-refractivity contribution in [3.8, 4) is 5.75 Å². The van der Waals surface area contributed by atoms with Gasteiger partial charge in [0.25, 0.3) is 5.91 Å². The lowest BCUT2D eigenvalue weighted by molar-refractivity contribution is -0.136. The van der Waals surface area contributed by atoms with Gasteiger partial charge in [-0.15, -0.1) is 11.8 Å². The van der Waals surface area contributed by atoms with E-state index < -0.39 is 23.7 Å². The van der Waals surface area contributed by atoms with Crippen LogP contribution in [0, 0.1) is 0 Å². The fourth-order valence-corrected chi connectivity index (χ4v) is 4.04. The molecule has 8 nitrogen and oxygen atoms in total. The molecule has 0 bridgehead atoms. The molecule has 1 atom stereocenters. The van der Waals surface area contributed by atoms with Crippen LogP contribution in [0.2, 0.25) is 0 Å². The zero-order valence-corrected chi connectivity index (χ0v) is 17.2. The van der Waals surface area contributed by atoms with Crippen molar-refractivity contribution >= 4 is 41.1 Å². The fourth-order valence-electron chi connectivity index (χ4n) is 2.81. The van der Waals surface area contributed by atoms with Gasteiger partial charge >= 0.3 is 5.97 Å². The Labute approximate surface area is 177 Å². The van der Waals surface area contributed by atoms with Crippen LogP contribution in [0.3, 0.4) is 0 Å². The number of anilines is 1. The highest BCUT2D eigenvalue weighted by Crippen LogP contribution is 2.33. The van der Waals surface area contributed by atoms with Gasteiger partial charge in [-0.25, -0.2) is 4.79 Å². The number of amides is 3. The minimum Gasteiger partial charge on any atom is -0.497 e. The molecule has 9 heteroatoms. The van der Waals surface area contributed by atoms with Crippen LogP contribution in [0.4, 0.5) is 5.69 Å². The summed E-state index contributed by atoms with van der Waals surface area (Å²) >= 11 is 1.14. The molecule has 0 aliphatic carbocycles. The van der Waals surface area contributed by atoms with Crippen LogP contribution in [0.25, 0.3) is 0 Å². The number of likely N-dealkylation sites (tertiary alicyclic amines) is 1. The first-order valence-electron chi connectivity index (χ1n) is 9.06. The second-order valence-electron chi connectivity index (χ2n) is 6.45. The summed E-state index contributed by atoms with van der Waals surface area (Å²) in [4.78, 5) is 50.1. The summed E-state index contributed by atoms with van der Waals surface area (Å²) in [5.41, 5.74) is 0.742. The molecule has 1 unspecified atom stereocenters. The van der Waals surface area contributed by atoms with Gasteiger partial charge in [0.2, 0.25) is 11.8 Å². The van der Waals surface area contributed by atoms with E-state index in [1.807, 2.05) is 0 Å². The fraction of sp³-hybridized carbons (Fsp3) is 0.238.